The summed E-state index contributed by atoms with van der Waals surface area (Å²) in [7, 11) is 1.55. The Labute approximate surface area is 126 Å². The number of methoxy groups -OCH3 is 1. The van der Waals surface area contributed by atoms with Crippen LogP contribution in [0.5, 0.6) is 5.88 Å². The van der Waals surface area contributed by atoms with E-state index in [2.05, 4.69) is 30.9 Å². The molecule has 2 N–H and O–H groups in total. The maximum Gasteiger partial charge on any atom is 0.264 e. The monoisotopic (exact) mass is 352 g/mol. The molecule has 3 rings (SSSR count). The van der Waals surface area contributed by atoms with Gasteiger partial charge in [0.1, 0.15) is 5.52 Å². The fourth-order valence-corrected chi connectivity index (χ4v) is 2.59. The van der Waals surface area contributed by atoms with Crippen molar-refractivity contribution in [1.82, 2.24) is 15.0 Å². The number of nitrogens with zero attached hydrogens (tertiary/aromatic N) is 3. The maximum absolute atomic E-state index is 5.70. The molecule has 0 spiro atoms. The van der Waals surface area contributed by atoms with Crippen LogP contribution in [0, 0.1) is 0 Å². The van der Waals surface area contributed by atoms with Gasteiger partial charge in [0, 0.05) is 29.7 Å². The van der Waals surface area contributed by atoms with Crippen molar-refractivity contribution in [3.8, 4) is 5.88 Å². The molecule has 0 unspecified atom stereocenters. The van der Waals surface area contributed by atoms with E-state index in [1.54, 1.807) is 31.5 Å². The summed E-state index contributed by atoms with van der Waals surface area (Å²) >= 11 is 4.52. The lowest BCUT2D eigenvalue weighted by Crippen LogP contribution is -1.93. The number of nitrogens with two attached hydrogens (primary N) is 1. The third-order valence-corrected chi connectivity index (χ3v) is 3.73. The number of aromatic nitrogens is 3. The summed E-state index contributed by atoms with van der Waals surface area (Å²) in [5, 5.41) is 0.944. The number of anilines is 1. The first kappa shape index (κ1) is 13.2. The van der Waals surface area contributed by atoms with Crippen LogP contribution in [0.2, 0.25) is 0 Å². The van der Waals surface area contributed by atoms with Crippen LogP contribution < -0.4 is 10.5 Å². The molecular formula is C12H9BrN4O2S. The van der Waals surface area contributed by atoms with Crippen molar-refractivity contribution in [1.29, 1.82) is 0 Å². The highest BCUT2D eigenvalue weighted by atomic mass is 79.9. The molecule has 0 aliphatic carbocycles. The molecule has 0 saturated carbocycles. The van der Waals surface area contributed by atoms with Crippen LogP contribution >= 0.6 is 27.7 Å². The standard InChI is InChI=1S/C12H9BrN4O2S/c1-18-10-7(13)5-15-11(17-10)20-12-16-8-3-2-6(14)4-9(8)19-12/h2-5H,14H2,1H3. The van der Waals surface area contributed by atoms with Crippen LogP contribution in [0.4, 0.5) is 5.69 Å². The Kier molecular flexibility index (Phi) is 3.49. The normalized spacial score (nSPS) is 10.9. The summed E-state index contributed by atoms with van der Waals surface area (Å²) in [5.41, 5.74) is 7.71. The van der Waals surface area contributed by atoms with E-state index in [-0.39, 0.29) is 0 Å². The Morgan fingerprint density at radius 1 is 1.35 bits per heavy atom. The molecule has 102 valence electrons. The number of hydrogen-bond donors (Lipinski definition) is 1. The minimum absolute atomic E-state index is 0.454. The van der Waals surface area contributed by atoms with E-state index in [9.17, 15) is 0 Å². The van der Waals surface area contributed by atoms with E-state index >= 15 is 0 Å². The maximum atomic E-state index is 5.70. The molecule has 0 fully saturated rings. The zero-order valence-electron chi connectivity index (χ0n) is 10.3. The van der Waals surface area contributed by atoms with Gasteiger partial charge >= 0.3 is 0 Å². The van der Waals surface area contributed by atoms with Crippen molar-refractivity contribution in [2.75, 3.05) is 12.8 Å². The molecule has 0 bridgehead atoms. The van der Waals surface area contributed by atoms with Crippen molar-refractivity contribution >= 4 is 44.5 Å². The van der Waals surface area contributed by atoms with Crippen LogP contribution in [0.15, 0.2) is 43.7 Å². The zero-order valence-corrected chi connectivity index (χ0v) is 12.7. The lowest BCUT2D eigenvalue weighted by atomic mass is 10.3. The van der Waals surface area contributed by atoms with E-state index in [1.807, 2.05) is 0 Å². The van der Waals surface area contributed by atoms with Gasteiger partial charge in [-0.15, -0.1) is 0 Å². The number of hydrogen-bond acceptors (Lipinski definition) is 7. The molecule has 2 heterocycles. The number of nitrogen functional groups attached to an aromatic ring is 1. The molecule has 8 heteroatoms. The minimum atomic E-state index is 0.454. The van der Waals surface area contributed by atoms with Gasteiger partial charge in [0.15, 0.2) is 10.7 Å². The Balaban J connectivity index is 1.92. The van der Waals surface area contributed by atoms with Gasteiger partial charge in [-0.3, -0.25) is 0 Å². The first-order valence-corrected chi connectivity index (χ1v) is 7.17. The number of oxazole rings is 1. The summed E-state index contributed by atoms with van der Waals surface area (Å²) in [6.07, 6.45) is 1.62. The Morgan fingerprint density at radius 2 is 2.20 bits per heavy atom. The summed E-state index contributed by atoms with van der Waals surface area (Å²) < 4.78 is 11.4. The fourth-order valence-electron chi connectivity index (χ4n) is 1.57. The van der Waals surface area contributed by atoms with Gasteiger partial charge in [-0.1, -0.05) is 0 Å². The second-order valence-corrected chi connectivity index (χ2v) is 5.59. The molecule has 2 aromatic heterocycles. The van der Waals surface area contributed by atoms with Crippen molar-refractivity contribution in [3.63, 3.8) is 0 Å². The molecule has 0 radical (unpaired) electrons. The summed E-state index contributed by atoms with van der Waals surface area (Å²) in [5.74, 6) is 0.461. The largest absolute Gasteiger partial charge is 0.480 e. The van der Waals surface area contributed by atoms with E-state index in [1.165, 1.54) is 11.8 Å². The number of halogens is 1. The van der Waals surface area contributed by atoms with Gasteiger partial charge in [0.2, 0.25) is 5.88 Å². The van der Waals surface area contributed by atoms with Crippen LogP contribution in [0.1, 0.15) is 0 Å². The number of benzene rings is 1. The lowest BCUT2D eigenvalue weighted by molar-refractivity contribution is 0.389. The van der Waals surface area contributed by atoms with Crippen LogP contribution in [0.25, 0.3) is 11.1 Å². The molecule has 3 aromatic rings. The van der Waals surface area contributed by atoms with Crippen LogP contribution in [-0.4, -0.2) is 22.1 Å². The smallest absolute Gasteiger partial charge is 0.264 e. The van der Waals surface area contributed by atoms with E-state index < -0.39 is 0 Å². The first-order valence-electron chi connectivity index (χ1n) is 5.56. The highest BCUT2D eigenvalue weighted by Gasteiger charge is 2.12. The average Bonchev–Trinajstić information content (AvgIpc) is 2.82. The van der Waals surface area contributed by atoms with Gasteiger partial charge in [0.25, 0.3) is 5.22 Å². The topological polar surface area (TPSA) is 87.1 Å². The van der Waals surface area contributed by atoms with E-state index in [4.69, 9.17) is 14.9 Å². The molecule has 0 aliphatic heterocycles. The second-order valence-electron chi connectivity index (χ2n) is 3.82. The van der Waals surface area contributed by atoms with Crippen LogP contribution in [-0.2, 0) is 0 Å². The molecule has 0 atom stereocenters. The van der Waals surface area contributed by atoms with Gasteiger partial charge in [-0.25, -0.2) is 9.97 Å². The molecule has 0 saturated heterocycles. The molecule has 20 heavy (non-hydrogen) atoms. The SMILES string of the molecule is COc1nc(Sc2nc3ccc(N)cc3o2)ncc1Br. The van der Waals surface area contributed by atoms with Gasteiger partial charge < -0.3 is 14.9 Å². The highest BCUT2D eigenvalue weighted by Crippen LogP contribution is 2.30. The third-order valence-electron chi connectivity index (χ3n) is 2.45. The fraction of sp³-hybridized carbons (Fsp3) is 0.0833. The Bertz CT molecular complexity index is 777. The van der Waals surface area contributed by atoms with Crippen molar-refractivity contribution < 1.29 is 9.15 Å². The van der Waals surface area contributed by atoms with Gasteiger partial charge in [-0.2, -0.15) is 4.98 Å². The van der Waals surface area contributed by atoms with Crippen molar-refractivity contribution in [2.45, 2.75) is 10.4 Å². The van der Waals surface area contributed by atoms with E-state index in [0.717, 1.165) is 5.52 Å². The molecule has 0 aliphatic rings. The van der Waals surface area contributed by atoms with Gasteiger partial charge in [0.05, 0.1) is 11.6 Å². The number of rotatable bonds is 3. The summed E-state index contributed by atoms with van der Waals surface area (Å²) in [6.45, 7) is 0. The lowest BCUT2D eigenvalue weighted by Gasteiger charge is -2.02. The average molecular weight is 353 g/mol. The second kappa shape index (κ2) is 5.29. The zero-order chi connectivity index (χ0) is 14.1. The predicted molar refractivity (Wildman–Crippen MR) is 78.8 cm³/mol. The number of ether oxygens (including phenoxy) is 1. The molecular weight excluding hydrogens is 344 g/mol. The Morgan fingerprint density at radius 3 is 3.00 bits per heavy atom. The number of fused-ring (bicyclic) bond motifs is 1. The summed E-state index contributed by atoms with van der Waals surface area (Å²) in [4.78, 5) is 12.7. The van der Waals surface area contributed by atoms with Crippen LogP contribution in [0.3, 0.4) is 0 Å². The molecule has 1 aromatic carbocycles. The predicted octanol–water partition coefficient (Wildman–Crippen LogP) is 3.12. The highest BCUT2D eigenvalue weighted by molar-refractivity contribution is 9.10. The van der Waals surface area contributed by atoms with Crippen molar-refractivity contribution in [3.05, 3.63) is 28.9 Å². The molecule has 0 amide bonds. The Hall–Kier alpha value is -1.80. The minimum Gasteiger partial charge on any atom is -0.480 e. The quantitative estimate of drug-likeness (QED) is 0.572. The first-order chi connectivity index (χ1) is 9.65. The van der Waals surface area contributed by atoms with Crippen molar-refractivity contribution in [2.24, 2.45) is 0 Å². The third kappa shape index (κ3) is 2.56. The van der Waals surface area contributed by atoms with E-state index in [0.29, 0.717) is 32.0 Å². The molecule has 6 nitrogen and oxygen atoms in total. The van der Waals surface area contributed by atoms with Gasteiger partial charge in [-0.05, 0) is 28.1 Å². The summed E-state index contributed by atoms with van der Waals surface area (Å²) in [6, 6.07) is 5.31.